The zero-order valence-electron chi connectivity index (χ0n) is 26.2. The Hall–Kier alpha value is -3.60. The molecular weight excluding hydrogens is 572 g/mol. The first-order valence-electron chi connectivity index (χ1n) is 15.8. The molecule has 2 heterocycles. The van der Waals surface area contributed by atoms with Gasteiger partial charge in [-0.2, -0.15) is 0 Å². The van der Waals surface area contributed by atoms with Crippen LogP contribution in [-0.4, -0.2) is 64.9 Å². The summed E-state index contributed by atoms with van der Waals surface area (Å²) in [5.41, 5.74) is 5.68. The first-order valence-corrected chi connectivity index (χ1v) is 15.8. The number of likely N-dealkylation sites (tertiary alicyclic amines) is 1. The molecule has 45 heavy (non-hydrogen) atoms. The van der Waals surface area contributed by atoms with E-state index in [2.05, 4.69) is 17.1 Å². The number of ether oxygens (including phenoxy) is 3. The van der Waals surface area contributed by atoms with Crippen molar-refractivity contribution < 1.29 is 34.0 Å². The molecular formula is C36H44N2O7. The normalized spacial score (nSPS) is 24.2. The van der Waals surface area contributed by atoms with Crippen LogP contribution in [0.5, 0.6) is 0 Å². The molecule has 9 heteroatoms. The van der Waals surface area contributed by atoms with E-state index in [0.29, 0.717) is 13.1 Å². The van der Waals surface area contributed by atoms with Crippen LogP contribution in [-0.2, 0) is 37.0 Å². The second kappa shape index (κ2) is 15.1. The Morgan fingerprint density at radius 2 is 1.71 bits per heavy atom. The highest BCUT2D eigenvalue weighted by molar-refractivity contribution is 5.83. The van der Waals surface area contributed by atoms with Crippen LogP contribution in [0, 0.1) is 5.92 Å². The van der Waals surface area contributed by atoms with Crippen molar-refractivity contribution in [3.63, 3.8) is 0 Å². The van der Waals surface area contributed by atoms with Crippen LogP contribution >= 0.6 is 0 Å². The highest BCUT2D eigenvalue weighted by atomic mass is 16.7. The Bertz CT molecular complexity index is 1430. The summed E-state index contributed by atoms with van der Waals surface area (Å²) in [6.07, 6.45) is 0.270. The summed E-state index contributed by atoms with van der Waals surface area (Å²) in [6.45, 7) is 7.06. The van der Waals surface area contributed by atoms with Crippen LogP contribution in [0.2, 0.25) is 0 Å². The Morgan fingerprint density at radius 1 is 1.00 bits per heavy atom. The van der Waals surface area contributed by atoms with E-state index in [-0.39, 0.29) is 43.3 Å². The molecule has 0 aliphatic carbocycles. The van der Waals surface area contributed by atoms with E-state index < -0.39 is 18.4 Å². The topological polar surface area (TPSA) is 118 Å². The third kappa shape index (κ3) is 7.98. The number of rotatable bonds is 11. The van der Waals surface area contributed by atoms with Crippen LogP contribution in [0.4, 0.5) is 0 Å². The molecule has 0 radical (unpaired) electrons. The average molecular weight is 617 g/mol. The van der Waals surface area contributed by atoms with E-state index in [1.54, 1.807) is 6.92 Å². The number of carbonyl (C=O) groups is 2. The second-order valence-corrected chi connectivity index (χ2v) is 12.0. The van der Waals surface area contributed by atoms with Gasteiger partial charge in [0.05, 0.1) is 25.4 Å². The number of nitrogens with zero attached hydrogens (tertiary/aromatic N) is 1. The van der Waals surface area contributed by atoms with Gasteiger partial charge in [-0.25, -0.2) is 0 Å². The summed E-state index contributed by atoms with van der Waals surface area (Å²) >= 11 is 0. The lowest BCUT2D eigenvalue weighted by atomic mass is 9.89. The molecule has 240 valence electrons. The molecule has 0 spiro atoms. The molecule has 3 N–H and O–H groups in total. The summed E-state index contributed by atoms with van der Waals surface area (Å²) in [5, 5.41) is 22.3. The minimum atomic E-state index is -0.868. The highest BCUT2D eigenvalue weighted by Crippen LogP contribution is 2.42. The average Bonchev–Trinajstić information content (AvgIpc) is 3.51. The molecule has 2 fully saturated rings. The van der Waals surface area contributed by atoms with E-state index in [4.69, 9.17) is 14.2 Å². The standard InChI is InChI=1S/C36H44N2O7/c1-23-33(20-38-18-6-8-31(38)22-40)44-36(45-34(23)28-12-10-26(21-39)11-13-28)29-16-14-27(15-17-29)32-9-5-4-7-30(32)19-37-35(42)24(2)43-25(3)41/h4-5,7,9-17,23-24,31,33-34,36,39-40H,6,8,18-22H2,1-3H3,(H,37,42). The maximum atomic E-state index is 12.4. The first-order chi connectivity index (χ1) is 21.8. The molecule has 1 amide bonds. The minimum Gasteiger partial charge on any atom is -0.453 e. The number of benzene rings is 3. The maximum Gasteiger partial charge on any atom is 0.303 e. The van der Waals surface area contributed by atoms with Crippen LogP contribution in [0.15, 0.2) is 72.8 Å². The van der Waals surface area contributed by atoms with Gasteiger partial charge in [-0.15, -0.1) is 0 Å². The number of esters is 1. The lowest BCUT2D eigenvalue weighted by molar-refractivity contribution is -0.276. The van der Waals surface area contributed by atoms with Gasteiger partial charge in [0, 0.05) is 37.5 Å². The zero-order valence-corrected chi connectivity index (χ0v) is 26.2. The molecule has 2 saturated heterocycles. The fourth-order valence-electron chi connectivity index (χ4n) is 6.31. The van der Waals surface area contributed by atoms with Gasteiger partial charge in [-0.3, -0.25) is 14.5 Å². The third-order valence-corrected chi connectivity index (χ3v) is 8.92. The van der Waals surface area contributed by atoms with E-state index >= 15 is 0 Å². The number of nitrogens with one attached hydrogen (secondary N) is 1. The fraction of sp³-hybridized carbons (Fsp3) is 0.444. The van der Waals surface area contributed by atoms with Gasteiger partial charge in [-0.05, 0) is 54.1 Å². The lowest BCUT2D eigenvalue weighted by Gasteiger charge is -2.43. The highest BCUT2D eigenvalue weighted by Gasteiger charge is 2.40. The van der Waals surface area contributed by atoms with Gasteiger partial charge in [0.2, 0.25) is 0 Å². The third-order valence-electron chi connectivity index (χ3n) is 8.92. The Kier molecular flexibility index (Phi) is 11.0. The summed E-state index contributed by atoms with van der Waals surface area (Å²) < 4.78 is 18.3. The summed E-state index contributed by atoms with van der Waals surface area (Å²) in [5.74, 6) is -0.794. The van der Waals surface area contributed by atoms with Crippen LogP contribution in [0.25, 0.3) is 11.1 Å². The van der Waals surface area contributed by atoms with Gasteiger partial charge in [0.15, 0.2) is 12.4 Å². The van der Waals surface area contributed by atoms with Crippen LogP contribution < -0.4 is 5.32 Å². The van der Waals surface area contributed by atoms with Crippen molar-refractivity contribution in [3.05, 3.63) is 95.1 Å². The predicted octanol–water partition coefficient (Wildman–Crippen LogP) is 4.66. The smallest absolute Gasteiger partial charge is 0.303 e. The first kappa shape index (κ1) is 32.8. The number of hydrogen-bond donors (Lipinski definition) is 3. The van der Waals surface area contributed by atoms with Crippen molar-refractivity contribution >= 4 is 11.9 Å². The number of hydrogen-bond acceptors (Lipinski definition) is 8. The van der Waals surface area contributed by atoms with Crippen molar-refractivity contribution in [1.29, 1.82) is 0 Å². The Labute approximate surface area is 265 Å². The van der Waals surface area contributed by atoms with E-state index in [1.165, 1.54) is 6.92 Å². The molecule has 3 aromatic rings. The van der Waals surface area contributed by atoms with E-state index in [9.17, 15) is 19.8 Å². The minimum absolute atomic E-state index is 0.0114. The largest absolute Gasteiger partial charge is 0.453 e. The second-order valence-electron chi connectivity index (χ2n) is 12.0. The molecule has 9 nitrogen and oxygen atoms in total. The predicted molar refractivity (Wildman–Crippen MR) is 170 cm³/mol. The molecule has 2 aliphatic rings. The van der Waals surface area contributed by atoms with E-state index in [0.717, 1.165) is 52.8 Å². The van der Waals surface area contributed by atoms with E-state index in [1.807, 2.05) is 72.8 Å². The van der Waals surface area contributed by atoms with Crippen molar-refractivity contribution in [1.82, 2.24) is 10.2 Å². The van der Waals surface area contributed by atoms with Gasteiger partial charge in [0.25, 0.3) is 5.91 Å². The number of carbonyl (C=O) groups excluding carboxylic acids is 2. The van der Waals surface area contributed by atoms with Crippen molar-refractivity contribution in [3.8, 4) is 11.1 Å². The lowest BCUT2D eigenvalue weighted by Crippen LogP contribution is -2.46. The van der Waals surface area contributed by atoms with Gasteiger partial charge in [0.1, 0.15) is 0 Å². The summed E-state index contributed by atoms with van der Waals surface area (Å²) in [7, 11) is 0. The number of amides is 1. The van der Waals surface area contributed by atoms with Crippen molar-refractivity contribution in [2.24, 2.45) is 5.92 Å². The monoisotopic (exact) mass is 616 g/mol. The molecule has 0 saturated carbocycles. The van der Waals surface area contributed by atoms with Gasteiger partial charge >= 0.3 is 5.97 Å². The SMILES string of the molecule is CC(=O)OC(C)C(=O)NCc1ccccc1-c1ccc(C2OC(CN3CCCC3CO)C(C)C(c3ccc(CO)cc3)O2)cc1. The van der Waals surface area contributed by atoms with Gasteiger partial charge in [-0.1, -0.05) is 79.7 Å². The molecule has 6 unspecified atom stereocenters. The molecule has 5 rings (SSSR count). The quantitative estimate of drug-likeness (QED) is 0.267. The number of aliphatic hydroxyl groups excluding tert-OH is 2. The summed E-state index contributed by atoms with van der Waals surface area (Å²) in [4.78, 5) is 26.0. The van der Waals surface area contributed by atoms with Crippen molar-refractivity contribution in [2.45, 2.75) is 77.4 Å². The van der Waals surface area contributed by atoms with Crippen LogP contribution in [0.1, 0.15) is 68.3 Å². The molecule has 0 aromatic heterocycles. The zero-order chi connectivity index (χ0) is 31.9. The molecule has 2 aliphatic heterocycles. The summed E-state index contributed by atoms with van der Waals surface area (Å²) in [6, 6.07) is 24.0. The fourth-order valence-corrected chi connectivity index (χ4v) is 6.31. The van der Waals surface area contributed by atoms with Crippen molar-refractivity contribution in [2.75, 3.05) is 19.7 Å². The molecule has 3 aromatic carbocycles. The maximum absolute atomic E-state index is 12.4. The van der Waals surface area contributed by atoms with Gasteiger partial charge < -0.3 is 29.7 Å². The van der Waals surface area contributed by atoms with Crippen LogP contribution in [0.3, 0.4) is 0 Å². The Morgan fingerprint density at radius 3 is 2.40 bits per heavy atom. The molecule has 0 bridgehead atoms. The molecule has 6 atom stereocenters. The number of aliphatic hydroxyl groups is 2. The Balaban J connectivity index is 1.35.